The van der Waals surface area contributed by atoms with Gasteiger partial charge in [0, 0.05) is 17.8 Å². The Balaban J connectivity index is 0.000000216. The Morgan fingerprint density at radius 2 is 0.797 bits per heavy atom. The average Bonchev–Trinajstić information content (AvgIpc) is 4.12. The van der Waals surface area contributed by atoms with Crippen molar-refractivity contribution in [2.24, 2.45) is 124 Å². The molecule has 12 bridgehead atoms. The molecule has 0 heterocycles. The van der Waals surface area contributed by atoms with Crippen LogP contribution in [-0.4, -0.2) is 34.7 Å². The van der Waals surface area contributed by atoms with Gasteiger partial charge in [-0.15, -0.1) is 0 Å². The molecule has 23 unspecified atom stereocenters. The molecular weight excluding hydrogens is 853 g/mol. The second-order valence-electron chi connectivity index (χ2n) is 26.1. The molecule has 0 N–H and O–H groups in total. The highest BCUT2D eigenvalue weighted by atomic mass is 16.6. The number of hydrogen-bond acceptors (Lipinski definition) is 6. The van der Waals surface area contributed by atoms with Crippen molar-refractivity contribution in [1.29, 1.82) is 0 Å². The van der Waals surface area contributed by atoms with E-state index in [1.807, 2.05) is 27.7 Å². The number of hydrogen-bond donors (Lipinski definition) is 0. The van der Waals surface area contributed by atoms with Crippen molar-refractivity contribution in [2.75, 3.05) is 0 Å². The third kappa shape index (κ3) is 9.27. The maximum atomic E-state index is 12.7. The largest absolute Gasteiger partial charge is 0.459 e. The zero-order valence-corrected chi connectivity index (χ0v) is 41.6. The maximum Gasteiger partial charge on any atom is 0.312 e. The summed E-state index contributed by atoms with van der Waals surface area (Å²) in [6, 6.07) is 0. The van der Waals surface area contributed by atoms with E-state index in [4.69, 9.17) is 14.2 Å². The Morgan fingerprint density at radius 1 is 0.464 bits per heavy atom. The van der Waals surface area contributed by atoms with Crippen LogP contribution in [0.5, 0.6) is 0 Å². The lowest BCUT2D eigenvalue weighted by molar-refractivity contribution is -0.183. The summed E-state index contributed by atoms with van der Waals surface area (Å²) < 4.78 is 18.6. The predicted molar refractivity (Wildman–Crippen MR) is 288 cm³/mol. The molecule has 0 amide bonds. The molecule has 0 aromatic carbocycles. The summed E-state index contributed by atoms with van der Waals surface area (Å²) in [6.45, 7) is 21.0. The van der Waals surface area contributed by atoms with Crippen molar-refractivity contribution in [3.8, 4) is 0 Å². The standard InChI is InChI=1S/C20H32O2.C19H30O2.C18H28O2.6CH4/c1-5-19(3,4)18(21)22-20(6-2)11-14-10-15(20)17-13-8-7-12(9-13)16(14)17;1-4-11(3)18(20)21-19(5-2)10-14-9-15(19)17-13-7-6-12(8-13)16(14)17;1-4-10(2)17(19)20-18(3)9-13-8-14(18)16-12-6-5-11(7-12)15(13)16;;;;;;/h12-17H,5-11H2,1-4H3;11-17H,4-10H2,1-3H3;10-16H,4-9H2,1-3H3;6*1H4. The van der Waals surface area contributed by atoms with Crippen LogP contribution in [0.2, 0.25) is 0 Å². The SMILES string of the molecule is C.C.C.C.C.C.CCC(C)(C)C(=O)OC1(CC)CC2CC1C1C3CCC(C3)C21.CCC(C)C(=O)OC1(C)CC2CC1C1C3CCC(C3)C21.CCC(C)C(=O)OC1(CC)CC2CC1C1C3CCC(C3)C21. The van der Waals surface area contributed by atoms with Crippen LogP contribution in [0.3, 0.4) is 0 Å². The third-order valence-electron chi connectivity index (χ3n) is 23.5. The van der Waals surface area contributed by atoms with Crippen LogP contribution in [0.25, 0.3) is 0 Å². The van der Waals surface area contributed by atoms with Gasteiger partial charge >= 0.3 is 17.9 Å². The van der Waals surface area contributed by atoms with Crippen LogP contribution in [0.4, 0.5) is 0 Å². The second kappa shape index (κ2) is 21.7. The zero-order valence-electron chi connectivity index (χ0n) is 41.6. The van der Waals surface area contributed by atoms with Gasteiger partial charge in [0.2, 0.25) is 0 Å². The highest BCUT2D eigenvalue weighted by Gasteiger charge is 2.70. The quantitative estimate of drug-likeness (QED) is 0.117. The number of rotatable bonds is 11. The van der Waals surface area contributed by atoms with E-state index >= 15 is 0 Å². The summed E-state index contributed by atoms with van der Waals surface area (Å²) in [4.78, 5) is 37.4. The predicted octanol–water partition coefficient (Wildman–Crippen LogP) is 17.1. The van der Waals surface area contributed by atoms with E-state index in [1.165, 1.54) is 83.5 Å². The first-order valence-corrected chi connectivity index (χ1v) is 27.7. The van der Waals surface area contributed by atoms with Gasteiger partial charge in [-0.2, -0.15) is 0 Å². The Morgan fingerprint density at radius 3 is 1.17 bits per heavy atom. The second-order valence-corrected chi connectivity index (χ2v) is 26.1. The fourth-order valence-electron chi connectivity index (χ4n) is 20.0. The van der Waals surface area contributed by atoms with Crippen LogP contribution >= 0.6 is 0 Å². The average molecular weight is 968 g/mol. The Labute approximate surface area is 427 Å². The van der Waals surface area contributed by atoms with Crippen LogP contribution in [0.1, 0.15) is 242 Å². The molecule has 12 aliphatic rings. The first-order valence-electron chi connectivity index (χ1n) is 27.7. The van der Waals surface area contributed by atoms with E-state index in [0.29, 0.717) is 17.8 Å². The molecule has 12 aliphatic carbocycles. The van der Waals surface area contributed by atoms with Gasteiger partial charge in [0.25, 0.3) is 0 Å². The van der Waals surface area contributed by atoms with Gasteiger partial charge in [-0.25, -0.2) is 0 Å². The summed E-state index contributed by atoms with van der Waals surface area (Å²) in [6.07, 6.45) is 25.4. The minimum Gasteiger partial charge on any atom is -0.459 e. The highest BCUT2D eigenvalue weighted by Crippen LogP contribution is 2.73. The number of esters is 3. The van der Waals surface area contributed by atoms with Gasteiger partial charge in [-0.05, 0) is 238 Å². The molecule has 6 nitrogen and oxygen atoms in total. The fraction of sp³-hybridized carbons (Fsp3) is 0.952. The van der Waals surface area contributed by atoms with E-state index in [2.05, 4.69) is 41.5 Å². The lowest BCUT2D eigenvalue weighted by Crippen LogP contribution is -2.49. The lowest BCUT2D eigenvalue weighted by Gasteiger charge is -2.46. The molecule has 12 fully saturated rings. The van der Waals surface area contributed by atoms with E-state index in [0.717, 1.165) is 134 Å². The van der Waals surface area contributed by atoms with Crippen molar-refractivity contribution in [3.63, 3.8) is 0 Å². The lowest BCUT2D eigenvalue weighted by atomic mass is 9.65. The highest BCUT2D eigenvalue weighted by molar-refractivity contribution is 5.76. The Bertz CT molecular complexity index is 1750. The third-order valence-corrected chi connectivity index (χ3v) is 23.5. The molecule has 12 rings (SSSR count). The molecule has 0 saturated heterocycles. The molecule has 0 aromatic heterocycles. The van der Waals surface area contributed by atoms with E-state index in [9.17, 15) is 14.4 Å². The molecule has 0 aromatic rings. The summed E-state index contributed by atoms with van der Waals surface area (Å²) in [5, 5.41) is 0. The molecular formula is C63H114O6. The van der Waals surface area contributed by atoms with Gasteiger partial charge in [0.1, 0.15) is 16.8 Å². The summed E-state index contributed by atoms with van der Waals surface area (Å²) in [5.41, 5.74) is -0.703. The minimum absolute atomic E-state index is 0. The van der Waals surface area contributed by atoms with Gasteiger partial charge in [-0.1, -0.05) is 93.0 Å². The number of ether oxygens (including phenoxy) is 3. The molecule has 402 valence electrons. The van der Waals surface area contributed by atoms with Gasteiger partial charge in [0.15, 0.2) is 0 Å². The van der Waals surface area contributed by atoms with Gasteiger partial charge in [-0.3, -0.25) is 14.4 Å². The van der Waals surface area contributed by atoms with Gasteiger partial charge in [0.05, 0.1) is 17.3 Å². The number of fused-ring (bicyclic) bond motifs is 27. The first-order chi connectivity index (χ1) is 30.0. The molecule has 0 radical (unpaired) electrons. The molecule has 69 heavy (non-hydrogen) atoms. The molecule has 0 spiro atoms. The van der Waals surface area contributed by atoms with Crippen LogP contribution in [-0.2, 0) is 28.6 Å². The molecule has 23 atom stereocenters. The summed E-state index contributed by atoms with van der Waals surface area (Å²) in [7, 11) is 0. The van der Waals surface area contributed by atoms with Crippen molar-refractivity contribution < 1.29 is 28.6 Å². The van der Waals surface area contributed by atoms with Crippen molar-refractivity contribution in [3.05, 3.63) is 0 Å². The maximum absolute atomic E-state index is 12.7. The van der Waals surface area contributed by atoms with E-state index < -0.39 is 0 Å². The number of carbonyl (C=O) groups is 3. The normalized spacial score (nSPS) is 46.5. The van der Waals surface area contributed by atoms with Crippen molar-refractivity contribution in [1.82, 2.24) is 0 Å². The van der Waals surface area contributed by atoms with Crippen LogP contribution < -0.4 is 0 Å². The zero-order chi connectivity index (χ0) is 44.5. The number of carbonyl (C=O) groups excluding carboxylic acids is 3. The van der Waals surface area contributed by atoms with Crippen molar-refractivity contribution in [2.45, 2.75) is 259 Å². The Hall–Kier alpha value is -1.59. The Kier molecular flexibility index (Phi) is 18.9. The van der Waals surface area contributed by atoms with E-state index in [-0.39, 0.29) is 96.5 Å². The van der Waals surface area contributed by atoms with Crippen LogP contribution in [0, 0.1) is 124 Å². The summed E-state index contributed by atoms with van der Waals surface area (Å²) >= 11 is 0. The van der Waals surface area contributed by atoms with E-state index in [1.54, 1.807) is 0 Å². The molecule has 6 heteroatoms. The molecule has 12 saturated carbocycles. The first kappa shape index (κ1) is 60.0. The van der Waals surface area contributed by atoms with Gasteiger partial charge < -0.3 is 14.2 Å². The monoisotopic (exact) mass is 967 g/mol. The smallest absolute Gasteiger partial charge is 0.312 e. The molecule has 0 aliphatic heterocycles. The fourth-order valence-corrected chi connectivity index (χ4v) is 20.0. The summed E-state index contributed by atoms with van der Waals surface area (Å²) in [5.74, 6) is 16.4. The van der Waals surface area contributed by atoms with Crippen LogP contribution in [0.15, 0.2) is 0 Å². The minimum atomic E-state index is -0.335. The topological polar surface area (TPSA) is 78.9 Å². The van der Waals surface area contributed by atoms with Crippen molar-refractivity contribution >= 4 is 17.9 Å².